The van der Waals surface area contributed by atoms with Crippen molar-refractivity contribution in [3.05, 3.63) is 33.9 Å². The van der Waals surface area contributed by atoms with Gasteiger partial charge in [-0.05, 0) is 38.1 Å². The van der Waals surface area contributed by atoms with Crippen LogP contribution in [-0.4, -0.2) is 48.7 Å². The largest absolute Gasteiger partial charge is 0.490 e. The summed E-state index contributed by atoms with van der Waals surface area (Å²) in [6.07, 6.45) is 4.82. The number of piperidine rings is 1. The Morgan fingerprint density at radius 3 is 2.83 bits per heavy atom. The van der Waals surface area contributed by atoms with Crippen LogP contribution in [0.5, 0.6) is 5.75 Å². The van der Waals surface area contributed by atoms with E-state index in [4.69, 9.17) is 4.74 Å². The maximum absolute atomic E-state index is 11.8. The van der Waals surface area contributed by atoms with E-state index < -0.39 is 4.92 Å². The normalized spacial score (nSPS) is 15.5. The molecule has 0 unspecified atom stereocenters. The third-order valence-corrected chi connectivity index (χ3v) is 3.62. The second-order valence-corrected chi connectivity index (χ2v) is 5.32. The molecule has 1 aromatic carbocycles. The minimum absolute atomic E-state index is 0.143. The van der Waals surface area contributed by atoms with Crippen molar-refractivity contribution in [2.75, 3.05) is 26.7 Å². The fourth-order valence-electron chi connectivity index (χ4n) is 2.46. The Morgan fingerprint density at radius 2 is 2.17 bits per heavy atom. The van der Waals surface area contributed by atoms with E-state index >= 15 is 0 Å². The number of amides is 1. The highest BCUT2D eigenvalue weighted by Gasteiger charge is 2.15. The topological polar surface area (TPSA) is 97.1 Å². The predicted octanol–water partition coefficient (Wildman–Crippen LogP) is 1.54. The molecular formula is C15H20N4O4. The number of carbonyl (C=O) groups excluding carboxylic acids is 1. The zero-order valence-corrected chi connectivity index (χ0v) is 13.0. The summed E-state index contributed by atoms with van der Waals surface area (Å²) in [7, 11) is 1.37. The van der Waals surface area contributed by atoms with E-state index in [9.17, 15) is 14.9 Å². The quantitative estimate of drug-likeness (QED) is 0.487. The molecule has 8 heteroatoms. The third kappa shape index (κ3) is 5.03. The number of likely N-dealkylation sites (tertiary alicyclic amines) is 1. The SMILES string of the molecule is COc1ccc(/C=N\NC(=O)CN2CCCCC2)cc1[N+](=O)[O-]. The Hall–Kier alpha value is -2.48. The monoisotopic (exact) mass is 320 g/mol. The van der Waals surface area contributed by atoms with Gasteiger partial charge in [-0.3, -0.25) is 19.8 Å². The Bertz CT molecular complexity index is 597. The van der Waals surface area contributed by atoms with Crippen molar-refractivity contribution < 1.29 is 14.5 Å². The molecule has 1 heterocycles. The van der Waals surface area contributed by atoms with Crippen LogP contribution in [0.4, 0.5) is 5.69 Å². The Balaban J connectivity index is 1.90. The van der Waals surface area contributed by atoms with E-state index in [0.29, 0.717) is 12.1 Å². The molecule has 0 atom stereocenters. The summed E-state index contributed by atoms with van der Waals surface area (Å²) in [5, 5.41) is 14.8. The number of carbonyl (C=O) groups is 1. The first-order valence-electron chi connectivity index (χ1n) is 7.47. The first kappa shape index (κ1) is 16.9. The number of methoxy groups -OCH3 is 1. The number of ether oxygens (including phenoxy) is 1. The average Bonchev–Trinajstić information content (AvgIpc) is 2.55. The smallest absolute Gasteiger partial charge is 0.311 e. The highest BCUT2D eigenvalue weighted by molar-refractivity contribution is 5.84. The van der Waals surface area contributed by atoms with Crippen LogP contribution in [0.25, 0.3) is 0 Å². The summed E-state index contributed by atoms with van der Waals surface area (Å²) in [6.45, 7) is 2.18. The number of nitro groups is 1. The molecule has 1 aliphatic heterocycles. The van der Waals surface area contributed by atoms with Gasteiger partial charge in [0.1, 0.15) is 0 Å². The number of nitrogens with zero attached hydrogens (tertiary/aromatic N) is 3. The standard InChI is InChI=1S/C15H20N4O4/c1-23-14-6-5-12(9-13(14)19(21)22)10-16-17-15(20)11-18-7-3-2-4-8-18/h5-6,9-10H,2-4,7-8,11H2,1H3,(H,17,20)/b16-10-. The molecule has 0 bridgehead atoms. The van der Waals surface area contributed by atoms with Crippen LogP contribution >= 0.6 is 0 Å². The van der Waals surface area contributed by atoms with Crippen LogP contribution in [0, 0.1) is 10.1 Å². The molecule has 1 N–H and O–H groups in total. The van der Waals surface area contributed by atoms with Crippen molar-refractivity contribution in [3.63, 3.8) is 0 Å². The van der Waals surface area contributed by atoms with E-state index in [1.807, 2.05) is 0 Å². The molecule has 0 aromatic heterocycles. The number of hydrazone groups is 1. The number of hydrogen-bond acceptors (Lipinski definition) is 6. The second-order valence-electron chi connectivity index (χ2n) is 5.32. The van der Waals surface area contributed by atoms with Gasteiger partial charge in [-0.25, -0.2) is 5.43 Å². The van der Waals surface area contributed by atoms with Gasteiger partial charge in [0, 0.05) is 11.6 Å². The van der Waals surface area contributed by atoms with Crippen molar-refractivity contribution in [3.8, 4) is 5.75 Å². The molecule has 1 aliphatic rings. The lowest BCUT2D eigenvalue weighted by atomic mass is 10.1. The van der Waals surface area contributed by atoms with E-state index in [-0.39, 0.29) is 17.3 Å². The summed E-state index contributed by atoms with van der Waals surface area (Å²) in [5.74, 6) is -0.00699. The molecule has 124 valence electrons. The third-order valence-electron chi connectivity index (χ3n) is 3.62. The van der Waals surface area contributed by atoms with Gasteiger partial charge in [-0.2, -0.15) is 5.10 Å². The predicted molar refractivity (Wildman–Crippen MR) is 85.7 cm³/mol. The summed E-state index contributed by atoms with van der Waals surface area (Å²) in [6, 6.07) is 4.47. The minimum Gasteiger partial charge on any atom is -0.490 e. The maximum atomic E-state index is 11.8. The molecule has 8 nitrogen and oxygen atoms in total. The Labute approximate surface area is 134 Å². The molecular weight excluding hydrogens is 300 g/mol. The van der Waals surface area contributed by atoms with Gasteiger partial charge in [-0.15, -0.1) is 0 Å². The average molecular weight is 320 g/mol. The molecule has 0 saturated carbocycles. The lowest BCUT2D eigenvalue weighted by Gasteiger charge is -2.25. The molecule has 23 heavy (non-hydrogen) atoms. The van der Waals surface area contributed by atoms with Crippen LogP contribution in [0.2, 0.25) is 0 Å². The van der Waals surface area contributed by atoms with Gasteiger partial charge in [0.2, 0.25) is 0 Å². The Morgan fingerprint density at radius 1 is 1.43 bits per heavy atom. The minimum atomic E-state index is -0.523. The van der Waals surface area contributed by atoms with E-state index in [0.717, 1.165) is 25.9 Å². The van der Waals surface area contributed by atoms with Gasteiger partial charge >= 0.3 is 5.69 Å². The number of rotatable bonds is 6. The van der Waals surface area contributed by atoms with Gasteiger partial charge in [0.15, 0.2) is 5.75 Å². The molecule has 1 aromatic rings. The molecule has 0 spiro atoms. The fraction of sp³-hybridized carbons (Fsp3) is 0.467. The van der Waals surface area contributed by atoms with Crippen LogP contribution in [0.3, 0.4) is 0 Å². The highest BCUT2D eigenvalue weighted by Crippen LogP contribution is 2.26. The molecule has 1 fully saturated rings. The van der Waals surface area contributed by atoms with Crippen LogP contribution in [0.1, 0.15) is 24.8 Å². The van der Waals surface area contributed by atoms with E-state index in [1.54, 1.807) is 6.07 Å². The number of benzene rings is 1. The van der Waals surface area contributed by atoms with Crippen molar-refractivity contribution in [2.45, 2.75) is 19.3 Å². The molecule has 0 radical (unpaired) electrons. The van der Waals surface area contributed by atoms with Crippen LogP contribution in [0.15, 0.2) is 23.3 Å². The molecule has 2 rings (SSSR count). The molecule has 1 saturated heterocycles. The van der Waals surface area contributed by atoms with Crippen LogP contribution in [-0.2, 0) is 4.79 Å². The zero-order valence-electron chi connectivity index (χ0n) is 13.0. The van der Waals surface area contributed by atoms with Crippen molar-refractivity contribution >= 4 is 17.8 Å². The van der Waals surface area contributed by atoms with Crippen molar-refractivity contribution in [1.82, 2.24) is 10.3 Å². The number of nitrogens with one attached hydrogen (secondary N) is 1. The second kappa shape index (κ2) is 8.23. The van der Waals surface area contributed by atoms with Gasteiger partial charge in [0.25, 0.3) is 5.91 Å². The van der Waals surface area contributed by atoms with Crippen molar-refractivity contribution in [1.29, 1.82) is 0 Å². The Kier molecular flexibility index (Phi) is 6.04. The lowest BCUT2D eigenvalue weighted by Crippen LogP contribution is -2.38. The highest BCUT2D eigenvalue weighted by atomic mass is 16.6. The molecule has 1 amide bonds. The van der Waals surface area contributed by atoms with Crippen molar-refractivity contribution in [2.24, 2.45) is 5.10 Å². The van der Waals surface area contributed by atoms with Crippen LogP contribution < -0.4 is 10.2 Å². The van der Waals surface area contributed by atoms with Gasteiger partial charge in [-0.1, -0.05) is 6.42 Å². The maximum Gasteiger partial charge on any atom is 0.311 e. The molecule has 0 aliphatic carbocycles. The van der Waals surface area contributed by atoms with E-state index in [1.165, 1.54) is 31.9 Å². The summed E-state index contributed by atoms with van der Waals surface area (Å²) in [4.78, 5) is 24.3. The van der Waals surface area contributed by atoms with Gasteiger partial charge < -0.3 is 4.74 Å². The summed E-state index contributed by atoms with van der Waals surface area (Å²) in [5.41, 5.74) is 2.81. The number of hydrogen-bond donors (Lipinski definition) is 1. The lowest BCUT2D eigenvalue weighted by molar-refractivity contribution is -0.385. The van der Waals surface area contributed by atoms with E-state index in [2.05, 4.69) is 15.4 Å². The van der Waals surface area contributed by atoms with Gasteiger partial charge in [0.05, 0.1) is 24.8 Å². The fourth-order valence-corrected chi connectivity index (χ4v) is 2.46. The summed E-state index contributed by atoms with van der Waals surface area (Å²) >= 11 is 0. The number of nitro benzene ring substituents is 1. The first-order valence-corrected chi connectivity index (χ1v) is 7.47. The first-order chi connectivity index (χ1) is 11.1. The zero-order chi connectivity index (χ0) is 16.7. The summed E-state index contributed by atoms with van der Waals surface area (Å²) < 4.78 is 4.93.